The Labute approximate surface area is 107 Å². The molecule has 0 radical (unpaired) electrons. The zero-order valence-corrected chi connectivity index (χ0v) is 11.1. The number of aromatic nitrogens is 2. The molecular formula is C12H17N5O. The number of hydrogen-bond acceptors (Lipinski definition) is 5. The molecule has 0 aliphatic carbocycles. The van der Waals surface area contributed by atoms with Crippen molar-refractivity contribution < 1.29 is 4.79 Å². The summed E-state index contributed by atoms with van der Waals surface area (Å²) in [5, 5.41) is 11.5. The van der Waals surface area contributed by atoms with E-state index >= 15 is 0 Å². The first-order valence-electron chi connectivity index (χ1n) is 5.66. The van der Waals surface area contributed by atoms with Crippen molar-refractivity contribution in [1.82, 2.24) is 15.3 Å². The average molecular weight is 247 g/mol. The lowest BCUT2D eigenvalue weighted by Crippen LogP contribution is -2.35. The van der Waals surface area contributed by atoms with Gasteiger partial charge >= 0.3 is 0 Å². The van der Waals surface area contributed by atoms with E-state index in [1.807, 2.05) is 19.9 Å². The summed E-state index contributed by atoms with van der Waals surface area (Å²) in [4.78, 5) is 21.6. The molecule has 1 amide bonds. The smallest absolute Gasteiger partial charge is 0.226 e. The van der Waals surface area contributed by atoms with Crippen LogP contribution in [0.15, 0.2) is 6.07 Å². The monoisotopic (exact) mass is 247 g/mol. The highest BCUT2D eigenvalue weighted by atomic mass is 16.1. The molecule has 18 heavy (non-hydrogen) atoms. The van der Waals surface area contributed by atoms with Crippen LogP contribution in [0.1, 0.15) is 18.3 Å². The average Bonchev–Trinajstić information content (AvgIpc) is 2.36. The number of nitrogens with zero attached hydrogens (tertiary/aromatic N) is 4. The number of aryl methyl sites for hydroxylation is 1. The second-order valence-corrected chi connectivity index (χ2v) is 4.20. The van der Waals surface area contributed by atoms with Gasteiger partial charge in [0.1, 0.15) is 11.8 Å². The van der Waals surface area contributed by atoms with Gasteiger partial charge in [0.25, 0.3) is 0 Å². The third kappa shape index (κ3) is 3.42. The molecule has 1 unspecified atom stereocenters. The molecule has 1 N–H and O–H groups in total. The standard InChI is InChI=1S/C12H17N5O/c1-8(11(18)14-3)7-17(4)12-15-9(2)5-10(6-13)16-12/h5,8H,7H2,1-4H3,(H,14,18). The molecule has 0 aliphatic rings. The first-order valence-corrected chi connectivity index (χ1v) is 5.66. The Bertz CT molecular complexity index is 480. The number of amides is 1. The summed E-state index contributed by atoms with van der Waals surface area (Å²) in [6.07, 6.45) is 0. The Balaban J connectivity index is 2.84. The second kappa shape index (κ2) is 5.96. The number of hydrogen-bond donors (Lipinski definition) is 1. The van der Waals surface area contributed by atoms with Gasteiger partial charge in [-0.1, -0.05) is 6.92 Å². The summed E-state index contributed by atoms with van der Waals surface area (Å²) in [5.74, 6) is 0.256. The van der Waals surface area contributed by atoms with Crippen LogP contribution in [0.4, 0.5) is 5.95 Å². The summed E-state index contributed by atoms with van der Waals surface area (Å²) >= 11 is 0. The van der Waals surface area contributed by atoms with Crippen molar-refractivity contribution in [3.63, 3.8) is 0 Å². The minimum absolute atomic E-state index is 0.0324. The van der Waals surface area contributed by atoms with Gasteiger partial charge in [0, 0.05) is 26.3 Å². The van der Waals surface area contributed by atoms with E-state index in [9.17, 15) is 4.79 Å². The Kier molecular flexibility index (Phi) is 4.60. The normalized spacial score (nSPS) is 11.5. The Morgan fingerprint density at radius 3 is 2.83 bits per heavy atom. The van der Waals surface area contributed by atoms with E-state index in [2.05, 4.69) is 15.3 Å². The van der Waals surface area contributed by atoms with Gasteiger partial charge in [0.2, 0.25) is 11.9 Å². The fourth-order valence-electron chi connectivity index (χ4n) is 1.60. The molecule has 0 saturated carbocycles. The second-order valence-electron chi connectivity index (χ2n) is 4.20. The van der Waals surface area contributed by atoms with Gasteiger partial charge < -0.3 is 10.2 Å². The third-order valence-corrected chi connectivity index (χ3v) is 2.54. The van der Waals surface area contributed by atoms with Crippen LogP contribution in [0, 0.1) is 24.2 Å². The van der Waals surface area contributed by atoms with Crippen molar-refractivity contribution >= 4 is 11.9 Å². The molecule has 1 atom stereocenters. The van der Waals surface area contributed by atoms with Gasteiger partial charge in [0.05, 0.1) is 5.92 Å². The molecule has 0 fully saturated rings. The van der Waals surface area contributed by atoms with Gasteiger partial charge in [-0.2, -0.15) is 5.26 Å². The Hall–Kier alpha value is -2.16. The zero-order chi connectivity index (χ0) is 13.7. The number of nitrogens with one attached hydrogen (secondary N) is 1. The van der Waals surface area contributed by atoms with Crippen LogP contribution in [0.25, 0.3) is 0 Å². The van der Waals surface area contributed by atoms with Crippen LogP contribution < -0.4 is 10.2 Å². The molecule has 6 nitrogen and oxygen atoms in total. The van der Waals surface area contributed by atoms with E-state index in [1.54, 1.807) is 25.1 Å². The van der Waals surface area contributed by atoms with Crippen LogP contribution in [0.5, 0.6) is 0 Å². The van der Waals surface area contributed by atoms with Gasteiger partial charge in [-0.25, -0.2) is 9.97 Å². The largest absolute Gasteiger partial charge is 0.359 e. The summed E-state index contributed by atoms with van der Waals surface area (Å²) in [5.41, 5.74) is 1.06. The van der Waals surface area contributed by atoms with Crippen molar-refractivity contribution in [2.75, 3.05) is 25.5 Å². The Morgan fingerprint density at radius 1 is 1.61 bits per heavy atom. The molecule has 0 aromatic carbocycles. The molecule has 1 heterocycles. The van der Waals surface area contributed by atoms with Gasteiger partial charge in [-0.05, 0) is 13.0 Å². The quantitative estimate of drug-likeness (QED) is 0.836. The molecule has 0 bridgehead atoms. The highest BCUT2D eigenvalue weighted by Crippen LogP contribution is 2.10. The SMILES string of the molecule is CNC(=O)C(C)CN(C)c1nc(C)cc(C#N)n1. The number of carbonyl (C=O) groups is 1. The maximum Gasteiger partial charge on any atom is 0.226 e. The van der Waals surface area contributed by atoms with E-state index in [0.29, 0.717) is 18.2 Å². The van der Waals surface area contributed by atoms with Crippen LogP contribution in [-0.4, -0.2) is 36.5 Å². The van der Waals surface area contributed by atoms with Crippen LogP contribution in [0.2, 0.25) is 0 Å². The molecule has 1 aromatic rings. The van der Waals surface area contributed by atoms with Crippen molar-refractivity contribution in [3.8, 4) is 6.07 Å². The maximum atomic E-state index is 11.4. The van der Waals surface area contributed by atoms with E-state index in [-0.39, 0.29) is 11.8 Å². The lowest BCUT2D eigenvalue weighted by Gasteiger charge is -2.20. The lowest BCUT2D eigenvalue weighted by atomic mass is 10.1. The van der Waals surface area contributed by atoms with Crippen molar-refractivity contribution in [1.29, 1.82) is 5.26 Å². The predicted molar refractivity (Wildman–Crippen MR) is 68.0 cm³/mol. The summed E-state index contributed by atoms with van der Waals surface area (Å²) < 4.78 is 0. The van der Waals surface area contributed by atoms with Crippen molar-refractivity contribution in [2.45, 2.75) is 13.8 Å². The van der Waals surface area contributed by atoms with Gasteiger partial charge in [0.15, 0.2) is 0 Å². The van der Waals surface area contributed by atoms with Gasteiger partial charge in [-0.3, -0.25) is 4.79 Å². The van der Waals surface area contributed by atoms with Crippen LogP contribution >= 0.6 is 0 Å². The van der Waals surface area contributed by atoms with Crippen LogP contribution in [-0.2, 0) is 4.79 Å². The maximum absolute atomic E-state index is 11.4. The molecular weight excluding hydrogens is 230 g/mol. The number of nitriles is 1. The fourth-order valence-corrected chi connectivity index (χ4v) is 1.60. The summed E-state index contributed by atoms with van der Waals surface area (Å²) in [7, 11) is 3.41. The van der Waals surface area contributed by atoms with Crippen molar-refractivity contribution in [2.24, 2.45) is 5.92 Å². The number of carbonyl (C=O) groups excluding carboxylic acids is 1. The fraction of sp³-hybridized carbons (Fsp3) is 0.500. The molecule has 96 valence electrons. The molecule has 6 heteroatoms. The van der Waals surface area contributed by atoms with E-state index in [1.165, 1.54) is 0 Å². The van der Waals surface area contributed by atoms with Gasteiger partial charge in [-0.15, -0.1) is 0 Å². The van der Waals surface area contributed by atoms with Crippen LogP contribution in [0.3, 0.4) is 0 Å². The highest BCUT2D eigenvalue weighted by Gasteiger charge is 2.16. The lowest BCUT2D eigenvalue weighted by molar-refractivity contribution is -0.123. The minimum atomic E-state index is -0.172. The predicted octanol–water partition coefficient (Wildman–Crippen LogP) is 0.475. The summed E-state index contributed by atoms with van der Waals surface area (Å²) in [6, 6.07) is 3.62. The molecule has 0 aliphatic heterocycles. The molecule has 1 rings (SSSR count). The zero-order valence-electron chi connectivity index (χ0n) is 11.1. The number of anilines is 1. The topological polar surface area (TPSA) is 81.9 Å². The highest BCUT2D eigenvalue weighted by molar-refractivity contribution is 5.78. The minimum Gasteiger partial charge on any atom is -0.359 e. The van der Waals surface area contributed by atoms with E-state index in [0.717, 1.165) is 5.69 Å². The third-order valence-electron chi connectivity index (χ3n) is 2.54. The molecule has 0 saturated heterocycles. The first-order chi connectivity index (χ1) is 8.47. The Morgan fingerprint density at radius 2 is 2.28 bits per heavy atom. The molecule has 0 spiro atoms. The first kappa shape index (κ1) is 13.9. The van der Waals surface area contributed by atoms with E-state index < -0.39 is 0 Å². The van der Waals surface area contributed by atoms with E-state index in [4.69, 9.17) is 5.26 Å². The van der Waals surface area contributed by atoms with Crippen molar-refractivity contribution in [3.05, 3.63) is 17.5 Å². The number of rotatable bonds is 4. The summed E-state index contributed by atoms with van der Waals surface area (Å²) in [6.45, 7) is 4.13. The molecule has 1 aromatic heterocycles.